The summed E-state index contributed by atoms with van der Waals surface area (Å²) < 4.78 is 53.7. The van der Waals surface area contributed by atoms with Gasteiger partial charge in [0.05, 0.1) is 37.6 Å². The molecule has 21 nitrogen and oxygen atoms in total. The third-order valence-electron chi connectivity index (χ3n) is 29.2. The van der Waals surface area contributed by atoms with Gasteiger partial charge in [0.15, 0.2) is 0 Å². The first-order chi connectivity index (χ1) is 68.8. The molecular weight excluding hydrogens is 1770 g/mol. The SMILES string of the molecule is CCCCCC(CC)OC(=O)CCCCCCCCN(CCCCCCCCC(=O)OC(CC)CCCCC)CCCOC(=O)C1CC(C(=O)OCCCN(CCCCCCCCC(=O)OC(CC)CCCCC)CCCCCCCCC(=O)OC(CC)CCCCC)CC(C(=O)OCCCN(CCCCCCCCC(=O)OC(CC)CCCCC)CCCCCCCCC(=O)OC(CC)CCCCC)C1. The first-order valence-corrected chi connectivity index (χ1v) is 60.6. The standard InChI is InChI=1S/C120H225N3O18/c1-13-25-55-76-106(19-7)136-112(124)82-61-43-31-37-49-67-88-121(89-68-50-38-32-44-62-83-113(125)137-107(20-8)77-56-26-14-2)94-73-97-133-118(130)103-100-104(119(131)134-98-74-95-122(90-69-51-39-33-45-63-84-114(126)138-108(21-9)78-57-27-15-3)91-70-52-40-34-46-64-85-115(127)139-109(22-10)79-58-28-16-4)102-105(101-103)120(132)135-99-75-96-123(92-71-53-41-35-47-65-86-116(128)140-110(23-11)80-59-29-17-5)93-72-54-42-36-48-66-87-117(129)141-111(24-12)81-60-30-18-6/h103-111H,13-102H2,1-12H3. The lowest BCUT2D eigenvalue weighted by Crippen LogP contribution is -2.37. The summed E-state index contributed by atoms with van der Waals surface area (Å²) in [5.74, 6) is -3.60. The van der Waals surface area contributed by atoms with E-state index in [9.17, 15) is 43.2 Å². The molecule has 0 bridgehead atoms. The second-order valence-corrected chi connectivity index (χ2v) is 42.2. The van der Waals surface area contributed by atoms with E-state index in [-0.39, 0.29) is 129 Å². The van der Waals surface area contributed by atoms with Crippen LogP contribution in [0.1, 0.15) is 584 Å². The number of unbranched alkanes of at least 4 members (excludes halogenated alkanes) is 42. The minimum Gasteiger partial charge on any atom is -0.465 e. The minimum absolute atomic E-state index is 0.0210. The molecule has 0 N–H and O–H groups in total. The average Bonchev–Trinajstić information content (AvgIpc) is 0.824. The van der Waals surface area contributed by atoms with Crippen LogP contribution in [-0.4, -0.2) is 184 Å². The average molecular weight is 2000 g/mol. The van der Waals surface area contributed by atoms with Crippen LogP contribution in [-0.2, 0) is 85.8 Å². The molecule has 0 amide bonds. The molecule has 1 rings (SSSR count). The van der Waals surface area contributed by atoms with Gasteiger partial charge in [-0.25, -0.2) is 0 Å². The Morgan fingerprint density at radius 3 is 0.475 bits per heavy atom. The van der Waals surface area contributed by atoms with E-state index in [0.29, 0.717) is 57.8 Å². The van der Waals surface area contributed by atoms with Crippen LogP contribution in [0.5, 0.6) is 0 Å². The number of rotatable bonds is 105. The minimum atomic E-state index is -0.685. The molecule has 1 aliphatic carbocycles. The van der Waals surface area contributed by atoms with Gasteiger partial charge in [0.1, 0.15) is 36.6 Å². The molecule has 6 atom stereocenters. The second-order valence-electron chi connectivity index (χ2n) is 42.2. The highest BCUT2D eigenvalue weighted by Gasteiger charge is 2.41. The molecule has 0 aromatic rings. The van der Waals surface area contributed by atoms with Crippen molar-refractivity contribution in [1.82, 2.24) is 14.7 Å². The third kappa shape index (κ3) is 80.8. The Hall–Kier alpha value is -4.89. The lowest BCUT2D eigenvalue weighted by atomic mass is 9.75. The fourth-order valence-electron chi connectivity index (χ4n) is 19.8. The largest absolute Gasteiger partial charge is 0.465 e. The van der Waals surface area contributed by atoms with E-state index in [2.05, 4.69) is 97.8 Å². The second kappa shape index (κ2) is 98.4. The maximum absolute atomic E-state index is 14.6. The summed E-state index contributed by atoms with van der Waals surface area (Å²) in [5, 5.41) is 0. The summed E-state index contributed by atoms with van der Waals surface area (Å²) in [4.78, 5) is 128. The number of hydrogen-bond donors (Lipinski definition) is 0. The van der Waals surface area contributed by atoms with Gasteiger partial charge in [0.25, 0.3) is 0 Å². The van der Waals surface area contributed by atoms with E-state index in [1.807, 2.05) is 0 Å². The summed E-state index contributed by atoms with van der Waals surface area (Å²) in [5.41, 5.74) is 0. The van der Waals surface area contributed by atoms with Gasteiger partial charge in [-0.1, -0.05) is 314 Å². The van der Waals surface area contributed by atoms with Crippen molar-refractivity contribution in [2.75, 3.05) is 78.7 Å². The maximum Gasteiger partial charge on any atom is 0.308 e. The number of ether oxygens (including phenoxy) is 9. The molecule has 828 valence electrons. The van der Waals surface area contributed by atoms with Crippen LogP contribution in [0.15, 0.2) is 0 Å². The van der Waals surface area contributed by atoms with Crippen molar-refractivity contribution < 1.29 is 85.8 Å². The van der Waals surface area contributed by atoms with Crippen LogP contribution >= 0.6 is 0 Å². The Morgan fingerprint density at radius 1 is 0.184 bits per heavy atom. The summed E-state index contributed by atoms with van der Waals surface area (Å²) in [6, 6.07) is 0. The van der Waals surface area contributed by atoms with Crippen LogP contribution in [0.3, 0.4) is 0 Å². The van der Waals surface area contributed by atoms with Gasteiger partial charge < -0.3 is 57.3 Å². The lowest BCUT2D eigenvalue weighted by Gasteiger charge is -2.31. The molecule has 0 heterocycles. The molecule has 1 saturated carbocycles. The van der Waals surface area contributed by atoms with Gasteiger partial charge >= 0.3 is 53.7 Å². The number of carbonyl (C=O) groups excluding carboxylic acids is 9. The highest BCUT2D eigenvalue weighted by Crippen LogP contribution is 2.37. The summed E-state index contributed by atoms with van der Waals surface area (Å²) in [7, 11) is 0. The molecule has 0 saturated heterocycles. The van der Waals surface area contributed by atoms with E-state index in [0.717, 1.165) is 483 Å². The van der Waals surface area contributed by atoms with Crippen LogP contribution in [0, 0.1) is 17.8 Å². The monoisotopic (exact) mass is 2000 g/mol. The lowest BCUT2D eigenvalue weighted by molar-refractivity contribution is -0.162. The summed E-state index contributed by atoms with van der Waals surface area (Å²) in [6.45, 7) is 34.4. The molecule has 0 aromatic heterocycles. The smallest absolute Gasteiger partial charge is 0.308 e. The molecule has 1 fully saturated rings. The van der Waals surface area contributed by atoms with E-state index in [1.54, 1.807) is 0 Å². The van der Waals surface area contributed by atoms with Crippen molar-refractivity contribution in [2.24, 2.45) is 17.8 Å². The molecule has 1 aliphatic rings. The highest BCUT2D eigenvalue weighted by atomic mass is 16.6. The first-order valence-electron chi connectivity index (χ1n) is 60.6. The molecule has 0 aromatic carbocycles. The van der Waals surface area contributed by atoms with Crippen molar-refractivity contribution >= 4 is 53.7 Å². The molecule has 6 unspecified atom stereocenters. The summed E-state index contributed by atoms with van der Waals surface area (Å²) >= 11 is 0. The van der Waals surface area contributed by atoms with Crippen LogP contribution in [0.2, 0.25) is 0 Å². The Balaban J connectivity index is 3.44. The highest BCUT2D eigenvalue weighted by molar-refractivity contribution is 5.80. The van der Waals surface area contributed by atoms with Crippen LogP contribution in [0.4, 0.5) is 0 Å². The zero-order valence-corrected chi connectivity index (χ0v) is 94.0. The number of carbonyl (C=O) groups is 9. The van der Waals surface area contributed by atoms with Crippen LogP contribution < -0.4 is 0 Å². The Kier molecular flexibility index (Phi) is 93.6. The maximum atomic E-state index is 14.6. The Labute approximate surface area is 866 Å². The molecule has 0 aliphatic heterocycles. The fraction of sp³-hybridized carbons (Fsp3) is 0.925. The molecule has 141 heavy (non-hydrogen) atoms. The van der Waals surface area contributed by atoms with Crippen molar-refractivity contribution in [3.05, 3.63) is 0 Å². The molecule has 21 heteroatoms. The normalized spacial score (nSPS) is 15.1. The van der Waals surface area contributed by atoms with Crippen molar-refractivity contribution in [3.8, 4) is 0 Å². The zero-order valence-electron chi connectivity index (χ0n) is 94.0. The van der Waals surface area contributed by atoms with Crippen molar-refractivity contribution in [3.63, 3.8) is 0 Å². The third-order valence-corrected chi connectivity index (χ3v) is 29.2. The van der Waals surface area contributed by atoms with E-state index in [1.165, 1.54) is 0 Å². The predicted octanol–water partition coefficient (Wildman–Crippen LogP) is 31.5. The van der Waals surface area contributed by atoms with E-state index in [4.69, 9.17) is 42.6 Å². The van der Waals surface area contributed by atoms with Gasteiger partial charge in [-0.15, -0.1) is 0 Å². The van der Waals surface area contributed by atoms with Crippen molar-refractivity contribution in [2.45, 2.75) is 621 Å². The topological polar surface area (TPSA) is 246 Å². The van der Waals surface area contributed by atoms with E-state index >= 15 is 0 Å². The Bertz CT molecular complexity index is 2470. The molecular formula is C120H225N3O18. The van der Waals surface area contributed by atoms with Crippen LogP contribution in [0.25, 0.3) is 0 Å². The van der Waals surface area contributed by atoms with E-state index < -0.39 is 17.8 Å². The van der Waals surface area contributed by atoms with Gasteiger partial charge in [-0.05, 0) is 270 Å². The molecule has 0 radical (unpaired) electrons. The van der Waals surface area contributed by atoms with Gasteiger partial charge in [-0.2, -0.15) is 0 Å². The fourth-order valence-corrected chi connectivity index (χ4v) is 19.8. The predicted molar refractivity (Wildman–Crippen MR) is 580 cm³/mol. The van der Waals surface area contributed by atoms with Crippen molar-refractivity contribution in [1.29, 1.82) is 0 Å². The van der Waals surface area contributed by atoms with Gasteiger partial charge in [0.2, 0.25) is 0 Å². The number of esters is 9. The molecule has 0 spiro atoms. The quantitative estimate of drug-likeness (QED) is 0.0312. The Morgan fingerprint density at radius 2 is 0.326 bits per heavy atom. The van der Waals surface area contributed by atoms with Gasteiger partial charge in [-0.3, -0.25) is 43.2 Å². The number of hydrogen-bond acceptors (Lipinski definition) is 21. The van der Waals surface area contributed by atoms with Gasteiger partial charge in [0, 0.05) is 58.2 Å². The summed E-state index contributed by atoms with van der Waals surface area (Å²) in [6.07, 6.45) is 74.0. The first kappa shape index (κ1) is 134. The zero-order chi connectivity index (χ0) is 103. The number of nitrogens with zero attached hydrogens (tertiary/aromatic N) is 3.